The topological polar surface area (TPSA) is 41.6 Å². The van der Waals surface area contributed by atoms with E-state index in [1.54, 1.807) is 11.8 Å². The molecule has 1 heterocycles. The van der Waals surface area contributed by atoms with Gasteiger partial charge >= 0.3 is 0 Å². The molecule has 0 saturated carbocycles. The fraction of sp³-hybridized carbons (Fsp3) is 0.208. The Kier molecular flexibility index (Phi) is 6.49. The maximum absolute atomic E-state index is 12.9. The van der Waals surface area contributed by atoms with Crippen molar-refractivity contribution in [2.24, 2.45) is 0 Å². The lowest BCUT2D eigenvalue weighted by atomic mass is 10.2. The van der Waals surface area contributed by atoms with Crippen LogP contribution in [-0.4, -0.2) is 32.2 Å². The lowest BCUT2D eigenvalue weighted by molar-refractivity contribution is 0.102. The van der Waals surface area contributed by atoms with Crippen molar-refractivity contribution in [1.29, 1.82) is 0 Å². The third-order valence-electron chi connectivity index (χ3n) is 4.87. The van der Waals surface area contributed by atoms with Crippen molar-refractivity contribution in [3.05, 3.63) is 90.0 Å². The molecule has 0 aromatic heterocycles. The minimum absolute atomic E-state index is 0.0831. The summed E-state index contributed by atoms with van der Waals surface area (Å²) in [4.78, 5) is 16.2. The van der Waals surface area contributed by atoms with E-state index in [4.69, 9.17) is 4.74 Å². The Morgan fingerprint density at radius 3 is 2.34 bits per heavy atom. The minimum Gasteiger partial charge on any atom is -0.378 e. The van der Waals surface area contributed by atoms with Crippen molar-refractivity contribution < 1.29 is 9.53 Å². The molecule has 1 saturated heterocycles. The fourth-order valence-electron chi connectivity index (χ4n) is 3.29. The number of morpholine rings is 1. The van der Waals surface area contributed by atoms with Gasteiger partial charge in [0.1, 0.15) is 0 Å². The summed E-state index contributed by atoms with van der Waals surface area (Å²) in [5, 5.41) is 3.03. The molecule has 0 unspecified atom stereocenters. The van der Waals surface area contributed by atoms with E-state index in [2.05, 4.69) is 34.5 Å². The number of benzene rings is 3. The molecule has 0 spiro atoms. The zero-order valence-corrected chi connectivity index (χ0v) is 17.0. The average Bonchev–Trinajstić information content (AvgIpc) is 2.80. The maximum atomic E-state index is 12.9. The molecule has 29 heavy (non-hydrogen) atoms. The molecular weight excluding hydrogens is 380 g/mol. The second kappa shape index (κ2) is 9.63. The van der Waals surface area contributed by atoms with E-state index in [0.29, 0.717) is 5.56 Å². The number of nitrogens with zero attached hydrogens (tertiary/aromatic N) is 1. The first kappa shape index (κ1) is 19.6. The SMILES string of the molecule is O=C(Nc1ccc(N2CCOCC2)cc1)c1ccccc1SCc1ccccc1. The van der Waals surface area contributed by atoms with E-state index in [0.717, 1.165) is 48.3 Å². The summed E-state index contributed by atoms with van der Waals surface area (Å²) in [6.45, 7) is 3.32. The number of thioether (sulfide) groups is 1. The predicted molar refractivity (Wildman–Crippen MR) is 120 cm³/mol. The van der Waals surface area contributed by atoms with Crippen LogP contribution in [0.4, 0.5) is 11.4 Å². The average molecular weight is 405 g/mol. The zero-order chi connectivity index (χ0) is 19.9. The first-order chi connectivity index (χ1) is 14.3. The van der Waals surface area contributed by atoms with Crippen LogP contribution < -0.4 is 10.2 Å². The Bertz CT molecular complexity index is 939. The van der Waals surface area contributed by atoms with Crippen LogP contribution in [0.3, 0.4) is 0 Å². The largest absolute Gasteiger partial charge is 0.378 e. The predicted octanol–water partition coefficient (Wildman–Crippen LogP) is 5.07. The van der Waals surface area contributed by atoms with Crippen LogP contribution in [0, 0.1) is 0 Å². The Hall–Kier alpha value is -2.76. The molecule has 5 heteroatoms. The quantitative estimate of drug-likeness (QED) is 0.583. The van der Waals surface area contributed by atoms with Crippen LogP contribution in [-0.2, 0) is 10.5 Å². The van der Waals surface area contributed by atoms with Crippen LogP contribution in [0.2, 0.25) is 0 Å². The number of ether oxygens (including phenoxy) is 1. The molecule has 1 aliphatic heterocycles. The molecule has 1 N–H and O–H groups in total. The fourth-order valence-corrected chi connectivity index (χ4v) is 4.30. The molecule has 0 radical (unpaired) electrons. The Morgan fingerprint density at radius 1 is 0.897 bits per heavy atom. The number of nitrogens with one attached hydrogen (secondary N) is 1. The summed E-state index contributed by atoms with van der Waals surface area (Å²) in [7, 11) is 0. The normalized spacial score (nSPS) is 13.9. The zero-order valence-electron chi connectivity index (χ0n) is 16.2. The van der Waals surface area contributed by atoms with Crippen molar-refractivity contribution >= 4 is 29.0 Å². The highest BCUT2D eigenvalue weighted by Gasteiger charge is 2.13. The molecule has 3 aromatic rings. The third kappa shape index (κ3) is 5.19. The molecule has 1 fully saturated rings. The van der Waals surface area contributed by atoms with Crippen molar-refractivity contribution in [2.45, 2.75) is 10.6 Å². The third-order valence-corrected chi connectivity index (χ3v) is 6.01. The second-order valence-electron chi connectivity index (χ2n) is 6.87. The number of hydrogen-bond donors (Lipinski definition) is 1. The van der Waals surface area contributed by atoms with E-state index in [1.165, 1.54) is 5.56 Å². The van der Waals surface area contributed by atoms with Gasteiger partial charge in [-0.1, -0.05) is 42.5 Å². The van der Waals surface area contributed by atoms with Gasteiger partial charge in [0.15, 0.2) is 0 Å². The highest BCUT2D eigenvalue weighted by atomic mass is 32.2. The monoisotopic (exact) mass is 404 g/mol. The van der Waals surface area contributed by atoms with Crippen LogP contribution >= 0.6 is 11.8 Å². The lowest BCUT2D eigenvalue weighted by Gasteiger charge is -2.28. The number of rotatable bonds is 6. The Morgan fingerprint density at radius 2 is 1.59 bits per heavy atom. The van der Waals surface area contributed by atoms with Gasteiger partial charge < -0.3 is 15.0 Å². The first-order valence-corrected chi connectivity index (χ1v) is 10.8. The van der Waals surface area contributed by atoms with Crippen LogP contribution in [0.1, 0.15) is 15.9 Å². The molecular formula is C24H24N2O2S. The van der Waals surface area contributed by atoms with Gasteiger partial charge in [0.2, 0.25) is 0 Å². The van der Waals surface area contributed by atoms with E-state index >= 15 is 0 Å². The van der Waals surface area contributed by atoms with Crippen LogP contribution in [0.5, 0.6) is 0 Å². The number of carbonyl (C=O) groups excluding carboxylic acids is 1. The summed E-state index contributed by atoms with van der Waals surface area (Å²) in [5.74, 6) is 0.750. The van der Waals surface area contributed by atoms with Gasteiger partial charge in [-0.15, -0.1) is 11.8 Å². The summed E-state index contributed by atoms with van der Waals surface area (Å²) in [6.07, 6.45) is 0. The molecule has 148 valence electrons. The minimum atomic E-state index is -0.0831. The van der Waals surface area contributed by atoms with Gasteiger partial charge in [0.25, 0.3) is 5.91 Å². The lowest BCUT2D eigenvalue weighted by Crippen LogP contribution is -2.36. The van der Waals surface area contributed by atoms with Crippen molar-refractivity contribution in [1.82, 2.24) is 0 Å². The van der Waals surface area contributed by atoms with E-state index in [9.17, 15) is 4.79 Å². The standard InChI is InChI=1S/C24H24N2O2S/c27-24(25-20-10-12-21(13-11-20)26-14-16-28-17-15-26)22-8-4-5-9-23(22)29-18-19-6-2-1-3-7-19/h1-13H,14-18H2,(H,25,27). The molecule has 0 aliphatic carbocycles. The van der Waals surface area contributed by atoms with Gasteiger partial charge in [-0.3, -0.25) is 4.79 Å². The smallest absolute Gasteiger partial charge is 0.256 e. The summed E-state index contributed by atoms with van der Waals surface area (Å²) in [5.41, 5.74) is 3.90. The van der Waals surface area contributed by atoms with Crippen LogP contribution in [0.25, 0.3) is 0 Å². The highest BCUT2D eigenvalue weighted by molar-refractivity contribution is 7.98. The van der Waals surface area contributed by atoms with Gasteiger partial charge in [-0.25, -0.2) is 0 Å². The molecule has 4 nitrogen and oxygen atoms in total. The summed E-state index contributed by atoms with van der Waals surface area (Å²) < 4.78 is 5.41. The maximum Gasteiger partial charge on any atom is 0.256 e. The van der Waals surface area contributed by atoms with Gasteiger partial charge in [0, 0.05) is 35.1 Å². The second-order valence-corrected chi connectivity index (χ2v) is 7.89. The van der Waals surface area contributed by atoms with Gasteiger partial charge in [-0.2, -0.15) is 0 Å². The van der Waals surface area contributed by atoms with Gasteiger partial charge in [-0.05, 0) is 42.0 Å². The molecule has 0 atom stereocenters. The Labute approximate surface area is 175 Å². The number of carbonyl (C=O) groups is 1. The Balaban J connectivity index is 1.41. The molecule has 3 aromatic carbocycles. The van der Waals surface area contributed by atoms with E-state index < -0.39 is 0 Å². The van der Waals surface area contributed by atoms with Crippen molar-refractivity contribution in [3.8, 4) is 0 Å². The first-order valence-electron chi connectivity index (χ1n) is 9.79. The van der Waals surface area contributed by atoms with Gasteiger partial charge in [0.05, 0.1) is 18.8 Å². The molecule has 0 bridgehead atoms. The van der Waals surface area contributed by atoms with Crippen molar-refractivity contribution in [2.75, 3.05) is 36.5 Å². The summed E-state index contributed by atoms with van der Waals surface area (Å²) in [6, 6.07) is 26.1. The van der Waals surface area contributed by atoms with Crippen LogP contribution in [0.15, 0.2) is 83.8 Å². The molecule has 1 aliphatic rings. The van der Waals surface area contributed by atoms with E-state index in [-0.39, 0.29) is 5.91 Å². The number of hydrogen-bond acceptors (Lipinski definition) is 4. The summed E-state index contributed by atoms with van der Waals surface area (Å²) >= 11 is 1.68. The van der Waals surface area contributed by atoms with Crippen molar-refractivity contribution in [3.63, 3.8) is 0 Å². The highest BCUT2D eigenvalue weighted by Crippen LogP contribution is 2.27. The number of amides is 1. The van der Waals surface area contributed by atoms with E-state index in [1.807, 2.05) is 54.6 Å². The number of anilines is 2. The molecule has 1 amide bonds. The molecule has 4 rings (SSSR count).